The van der Waals surface area contributed by atoms with Crippen molar-refractivity contribution in [2.45, 2.75) is 39.0 Å². The Morgan fingerprint density at radius 3 is 2.94 bits per heavy atom. The van der Waals surface area contributed by atoms with Crippen LogP contribution in [-0.4, -0.2) is 18.7 Å². The number of rotatable bonds is 1. The van der Waals surface area contributed by atoms with Crippen molar-refractivity contribution in [1.29, 1.82) is 0 Å². The van der Waals surface area contributed by atoms with E-state index in [1.165, 1.54) is 32.1 Å². The minimum absolute atomic E-state index is 0.731. The molecule has 3 rings (SSSR count). The second-order valence-electron chi connectivity index (χ2n) is 5.94. The first-order valence-electron chi connectivity index (χ1n) is 7.00. The van der Waals surface area contributed by atoms with Crippen LogP contribution in [0.3, 0.4) is 0 Å². The molecule has 2 heteroatoms. The maximum atomic E-state index is 5.42. The molecular weight excluding hydrogens is 210 g/mol. The minimum atomic E-state index is 0.731. The van der Waals surface area contributed by atoms with Crippen LogP contribution in [0.25, 0.3) is 0 Å². The lowest BCUT2D eigenvalue weighted by molar-refractivity contribution is -0.0966. The topological polar surface area (TPSA) is 12.5 Å². The fourth-order valence-electron chi connectivity index (χ4n) is 4.07. The van der Waals surface area contributed by atoms with Crippen molar-refractivity contribution in [3.05, 3.63) is 23.4 Å². The van der Waals surface area contributed by atoms with E-state index in [2.05, 4.69) is 19.2 Å². The number of allylic oxidation sites excluding steroid dienone is 2. The van der Waals surface area contributed by atoms with Crippen LogP contribution in [0.4, 0.5) is 0 Å². The summed E-state index contributed by atoms with van der Waals surface area (Å²) in [6, 6.07) is 0. The molecule has 2 nitrogen and oxygen atoms in total. The van der Waals surface area contributed by atoms with Crippen LogP contribution < -0.4 is 0 Å². The van der Waals surface area contributed by atoms with E-state index in [0.29, 0.717) is 0 Å². The summed E-state index contributed by atoms with van der Waals surface area (Å²) < 4.78 is 0. The molecule has 1 fully saturated rings. The van der Waals surface area contributed by atoms with Gasteiger partial charge in [-0.05, 0) is 55.6 Å². The summed E-state index contributed by atoms with van der Waals surface area (Å²) >= 11 is 0. The highest BCUT2D eigenvalue weighted by Crippen LogP contribution is 2.46. The number of hydroxylamine groups is 2. The number of hydrogen-bond acceptors (Lipinski definition) is 2. The third-order valence-electron chi connectivity index (χ3n) is 4.70. The van der Waals surface area contributed by atoms with E-state index in [1.807, 2.05) is 5.06 Å². The molecule has 0 aromatic rings. The third kappa shape index (κ3) is 2.03. The largest absolute Gasteiger partial charge is 0.277 e. The first-order chi connectivity index (χ1) is 8.28. The van der Waals surface area contributed by atoms with E-state index in [4.69, 9.17) is 4.84 Å². The fourth-order valence-corrected chi connectivity index (χ4v) is 4.07. The van der Waals surface area contributed by atoms with Gasteiger partial charge in [-0.3, -0.25) is 9.90 Å². The molecule has 3 unspecified atom stereocenters. The molecule has 0 radical (unpaired) electrons. The molecule has 94 valence electrons. The summed E-state index contributed by atoms with van der Waals surface area (Å²) in [5, 5.41) is 2.01. The summed E-state index contributed by atoms with van der Waals surface area (Å²) in [5.74, 6) is 2.48. The highest BCUT2D eigenvalue weighted by molar-refractivity contribution is 5.34. The van der Waals surface area contributed by atoms with Crippen molar-refractivity contribution in [2.75, 3.05) is 13.7 Å². The van der Waals surface area contributed by atoms with Crippen LogP contribution in [0.5, 0.6) is 0 Å². The number of hydrogen-bond donors (Lipinski definition) is 0. The Morgan fingerprint density at radius 2 is 2.12 bits per heavy atom. The average Bonchev–Trinajstić information content (AvgIpc) is 2.50. The molecule has 0 aromatic heterocycles. The third-order valence-corrected chi connectivity index (χ3v) is 4.70. The minimum Gasteiger partial charge on any atom is -0.277 e. The van der Waals surface area contributed by atoms with Gasteiger partial charge in [-0.25, -0.2) is 0 Å². The normalized spacial score (nSPS) is 36.8. The molecule has 0 saturated heterocycles. The van der Waals surface area contributed by atoms with Crippen LogP contribution >= 0.6 is 0 Å². The lowest BCUT2D eigenvalue weighted by atomic mass is 9.66. The maximum absolute atomic E-state index is 5.42. The summed E-state index contributed by atoms with van der Waals surface area (Å²) in [6.07, 6.45) is 11.3. The lowest BCUT2D eigenvalue weighted by Gasteiger charge is -2.40. The van der Waals surface area contributed by atoms with Crippen molar-refractivity contribution in [3.8, 4) is 0 Å². The molecule has 0 bridgehead atoms. The molecule has 1 aliphatic heterocycles. The van der Waals surface area contributed by atoms with Crippen LogP contribution in [-0.2, 0) is 4.84 Å². The van der Waals surface area contributed by atoms with Gasteiger partial charge in [0.15, 0.2) is 0 Å². The van der Waals surface area contributed by atoms with Gasteiger partial charge in [0.1, 0.15) is 0 Å². The van der Waals surface area contributed by atoms with Crippen molar-refractivity contribution in [2.24, 2.45) is 17.8 Å². The fraction of sp³-hybridized carbons (Fsp3) is 0.733. The molecule has 0 aromatic carbocycles. The van der Waals surface area contributed by atoms with E-state index in [1.54, 1.807) is 18.3 Å². The molecule has 0 amide bonds. The highest BCUT2D eigenvalue weighted by Gasteiger charge is 2.36. The lowest BCUT2D eigenvalue weighted by Crippen LogP contribution is -2.33. The summed E-state index contributed by atoms with van der Waals surface area (Å²) in [6.45, 7) is 3.47. The quantitative estimate of drug-likeness (QED) is 0.687. The van der Waals surface area contributed by atoms with Gasteiger partial charge in [0.25, 0.3) is 0 Å². The summed E-state index contributed by atoms with van der Waals surface area (Å²) in [4.78, 5) is 5.42. The monoisotopic (exact) mass is 233 g/mol. The first kappa shape index (κ1) is 11.3. The average molecular weight is 233 g/mol. The highest BCUT2D eigenvalue weighted by atomic mass is 16.7. The zero-order chi connectivity index (χ0) is 11.8. The molecule has 3 aliphatic rings. The Balaban J connectivity index is 1.94. The SMILES string of the molecule is CON1C=CC2=C3C(CCC2)CC(C)CC3C1. The molecule has 0 spiro atoms. The van der Waals surface area contributed by atoms with Crippen molar-refractivity contribution in [3.63, 3.8) is 0 Å². The van der Waals surface area contributed by atoms with E-state index in [0.717, 1.165) is 24.3 Å². The van der Waals surface area contributed by atoms with Gasteiger partial charge in [0, 0.05) is 12.1 Å². The first-order valence-corrected chi connectivity index (χ1v) is 7.00. The molecule has 1 heterocycles. The van der Waals surface area contributed by atoms with Gasteiger partial charge in [0.05, 0.1) is 13.7 Å². The Morgan fingerprint density at radius 1 is 1.29 bits per heavy atom. The van der Waals surface area contributed by atoms with Crippen molar-refractivity contribution < 1.29 is 4.84 Å². The molecule has 1 saturated carbocycles. The summed E-state index contributed by atoms with van der Waals surface area (Å²) in [5.41, 5.74) is 3.41. The zero-order valence-electron chi connectivity index (χ0n) is 11.0. The predicted octanol–water partition coefficient (Wildman–Crippen LogP) is 3.52. The Kier molecular flexibility index (Phi) is 2.99. The Hall–Kier alpha value is -0.760. The molecule has 0 N–H and O–H groups in total. The van der Waals surface area contributed by atoms with E-state index < -0.39 is 0 Å². The van der Waals surface area contributed by atoms with Gasteiger partial charge >= 0.3 is 0 Å². The van der Waals surface area contributed by atoms with Gasteiger partial charge in [-0.2, -0.15) is 0 Å². The van der Waals surface area contributed by atoms with E-state index in [9.17, 15) is 0 Å². The standard InChI is InChI=1S/C15H23NO/c1-11-8-13-5-3-4-12-6-7-16(17-2)10-14(9-11)15(12)13/h6-7,11,13-14H,3-5,8-10H2,1-2H3. The van der Waals surface area contributed by atoms with Crippen molar-refractivity contribution >= 4 is 0 Å². The van der Waals surface area contributed by atoms with Gasteiger partial charge in [0.2, 0.25) is 0 Å². The Bertz CT molecular complexity index is 358. The maximum Gasteiger partial charge on any atom is 0.0638 e. The second kappa shape index (κ2) is 4.49. The van der Waals surface area contributed by atoms with Gasteiger partial charge in [-0.1, -0.05) is 12.5 Å². The van der Waals surface area contributed by atoms with Crippen LogP contribution in [0.2, 0.25) is 0 Å². The summed E-state index contributed by atoms with van der Waals surface area (Å²) in [7, 11) is 1.78. The Labute approximate surface area is 104 Å². The van der Waals surface area contributed by atoms with Crippen LogP contribution in [0, 0.1) is 17.8 Å². The molecule has 17 heavy (non-hydrogen) atoms. The number of nitrogens with zero attached hydrogens (tertiary/aromatic N) is 1. The van der Waals surface area contributed by atoms with Crippen LogP contribution in [0.1, 0.15) is 39.0 Å². The molecule has 2 aliphatic carbocycles. The van der Waals surface area contributed by atoms with Crippen molar-refractivity contribution in [1.82, 2.24) is 5.06 Å². The van der Waals surface area contributed by atoms with Gasteiger partial charge < -0.3 is 0 Å². The van der Waals surface area contributed by atoms with E-state index in [-0.39, 0.29) is 0 Å². The smallest absolute Gasteiger partial charge is 0.0638 e. The van der Waals surface area contributed by atoms with E-state index >= 15 is 0 Å². The predicted molar refractivity (Wildman–Crippen MR) is 69.1 cm³/mol. The van der Waals surface area contributed by atoms with Crippen LogP contribution in [0.15, 0.2) is 23.4 Å². The molecule has 3 atom stereocenters. The zero-order valence-corrected chi connectivity index (χ0v) is 11.0. The second-order valence-corrected chi connectivity index (χ2v) is 5.94. The van der Waals surface area contributed by atoms with Gasteiger partial charge in [-0.15, -0.1) is 0 Å². The molecular formula is C15H23NO.